The number of benzene rings is 2. The summed E-state index contributed by atoms with van der Waals surface area (Å²) >= 11 is 0. The third-order valence-electron chi connectivity index (χ3n) is 4.45. The summed E-state index contributed by atoms with van der Waals surface area (Å²) in [6.45, 7) is 2.91. The van der Waals surface area contributed by atoms with Crippen LogP contribution in [0.2, 0.25) is 0 Å². The number of aromatic nitrogens is 1. The van der Waals surface area contributed by atoms with Crippen LogP contribution in [-0.4, -0.2) is 28.2 Å². The molecule has 0 atom stereocenters. The minimum absolute atomic E-state index is 0.169. The van der Waals surface area contributed by atoms with Crippen molar-refractivity contribution < 1.29 is 19.4 Å². The Morgan fingerprint density at radius 3 is 2.46 bits per heavy atom. The molecule has 0 saturated carbocycles. The van der Waals surface area contributed by atoms with Crippen molar-refractivity contribution in [3.63, 3.8) is 0 Å². The second-order valence-corrected chi connectivity index (χ2v) is 6.68. The predicted octanol–water partition coefficient (Wildman–Crippen LogP) is 2.43. The van der Waals surface area contributed by atoms with E-state index in [2.05, 4.69) is 15.6 Å². The highest BCUT2D eigenvalue weighted by Crippen LogP contribution is 2.25. The lowest BCUT2D eigenvalue weighted by atomic mass is 10.0. The van der Waals surface area contributed by atoms with E-state index in [-0.39, 0.29) is 11.1 Å². The molecule has 0 saturated heterocycles. The molecule has 8 heteroatoms. The number of anilines is 2. The fraction of sp³-hybridized carbons (Fsp3) is 0.200. The van der Waals surface area contributed by atoms with Gasteiger partial charge < -0.3 is 25.8 Å². The van der Waals surface area contributed by atoms with E-state index in [1.54, 1.807) is 14.0 Å². The first-order valence-corrected chi connectivity index (χ1v) is 8.51. The lowest BCUT2D eigenvalue weighted by molar-refractivity contribution is -0.152. The molecule has 1 heterocycles. The number of carbonyl (C=O) groups excluding carboxylic acids is 1. The quantitative estimate of drug-likeness (QED) is 0.443. The third kappa shape index (κ3) is 3.73. The summed E-state index contributed by atoms with van der Waals surface area (Å²) in [7, 11) is 1.60. The summed E-state index contributed by atoms with van der Waals surface area (Å²) < 4.78 is 13.8. The maximum atomic E-state index is 13.8. The van der Waals surface area contributed by atoms with Crippen molar-refractivity contribution in [2.75, 3.05) is 17.7 Å². The smallest absolute Gasteiger partial charge is 0.261 e. The molecule has 3 aromatic rings. The fourth-order valence-corrected chi connectivity index (χ4v) is 2.94. The second kappa shape index (κ2) is 7.06. The number of aliphatic hydroxyl groups is 2. The predicted molar refractivity (Wildman–Crippen MR) is 105 cm³/mol. The number of fused-ring (bicyclic) bond motifs is 1. The van der Waals surface area contributed by atoms with Crippen LogP contribution in [0.1, 0.15) is 28.4 Å². The summed E-state index contributed by atoms with van der Waals surface area (Å²) in [5.74, 6) is -3.17. The largest absolute Gasteiger partial charge is 0.386 e. The Morgan fingerprint density at radius 1 is 1.14 bits per heavy atom. The van der Waals surface area contributed by atoms with Crippen LogP contribution in [0.3, 0.4) is 0 Å². The normalized spacial score (nSPS) is 11.5. The van der Waals surface area contributed by atoms with Crippen LogP contribution in [-0.2, 0) is 5.79 Å². The minimum Gasteiger partial charge on any atom is -0.386 e. The topological polar surface area (TPSA) is 114 Å². The number of hydrogen-bond acceptors (Lipinski definition) is 5. The van der Waals surface area contributed by atoms with Crippen molar-refractivity contribution in [2.45, 2.75) is 19.6 Å². The van der Waals surface area contributed by atoms with Gasteiger partial charge in [0.1, 0.15) is 11.4 Å². The van der Waals surface area contributed by atoms with E-state index in [0.717, 1.165) is 0 Å². The molecule has 7 nitrogen and oxygen atoms in total. The van der Waals surface area contributed by atoms with Gasteiger partial charge in [0.2, 0.25) is 0 Å². The van der Waals surface area contributed by atoms with Crippen LogP contribution in [0.25, 0.3) is 10.9 Å². The van der Waals surface area contributed by atoms with Gasteiger partial charge in [-0.1, -0.05) is 6.07 Å². The Bertz CT molecular complexity index is 1130. The standard InChI is InChI=1S/C20H20FN3O4/c1-10-6-12(20(2,27)28)4-5-15(10)23-18(25)14-8-11-7-13(21)9-16(22-3)17(11)24-19(14)26/h4-9,22,27-28H,1-3H3,(H,23,25)(H,24,26). The summed E-state index contributed by atoms with van der Waals surface area (Å²) in [6.07, 6.45) is 0. The van der Waals surface area contributed by atoms with E-state index >= 15 is 0 Å². The van der Waals surface area contributed by atoms with Crippen molar-refractivity contribution >= 4 is 28.2 Å². The summed E-state index contributed by atoms with van der Waals surface area (Å²) in [5, 5.41) is 25.1. The first-order valence-electron chi connectivity index (χ1n) is 8.51. The van der Waals surface area contributed by atoms with Crippen LogP contribution in [0.5, 0.6) is 0 Å². The number of carbonyl (C=O) groups is 1. The van der Waals surface area contributed by atoms with E-state index < -0.39 is 23.1 Å². The van der Waals surface area contributed by atoms with Crippen molar-refractivity contribution in [3.05, 3.63) is 69.3 Å². The van der Waals surface area contributed by atoms with E-state index in [1.165, 1.54) is 43.3 Å². The number of rotatable bonds is 4. The lowest BCUT2D eigenvalue weighted by Crippen LogP contribution is -2.24. The molecule has 5 N–H and O–H groups in total. The van der Waals surface area contributed by atoms with Gasteiger partial charge in [-0.2, -0.15) is 0 Å². The molecule has 0 aliphatic heterocycles. The van der Waals surface area contributed by atoms with Crippen molar-refractivity contribution in [2.24, 2.45) is 0 Å². The fourth-order valence-electron chi connectivity index (χ4n) is 2.94. The maximum Gasteiger partial charge on any atom is 0.261 e. The van der Waals surface area contributed by atoms with Crippen molar-refractivity contribution in [1.82, 2.24) is 4.98 Å². The van der Waals surface area contributed by atoms with Gasteiger partial charge >= 0.3 is 0 Å². The zero-order valence-corrected chi connectivity index (χ0v) is 15.6. The van der Waals surface area contributed by atoms with Gasteiger partial charge in [-0.15, -0.1) is 0 Å². The highest BCUT2D eigenvalue weighted by molar-refractivity contribution is 6.06. The zero-order valence-electron chi connectivity index (χ0n) is 15.6. The lowest BCUT2D eigenvalue weighted by Gasteiger charge is -2.18. The van der Waals surface area contributed by atoms with Gasteiger partial charge in [-0.25, -0.2) is 4.39 Å². The molecule has 146 valence electrons. The number of pyridine rings is 1. The Balaban J connectivity index is 1.98. The van der Waals surface area contributed by atoms with Crippen LogP contribution in [0.15, 0.2) is 41.2 Å². The van der Waals surface area contributed by atoms with Crippen molar-refractivity contribution in [1.29, 1.82) is 0 Å². The van der Waals surface area contributed by atoms with Gasteiger partial charge in [-0.05, 0) is 49.7 Å². The van der Waals surface area contributed by atoms with E-state index in [0.29, 0.717) is 27.8 Å². The van der Waals surface area contributed by atoms with E-state index in [1.807, 2.05) is 0 Å². The molecular formula is C20H20FN3O4. The number of nitrogens with one attached hydrogen (secondary N) is 3. The van der Waals surface area contributed by atoms with Crippen LogP contribution in [0.4, 0.5) is 15.8 Å². The molecule has 3 rings (SSSR count). The SMILES string of the molecule is CNc1cc(F)cc2cc(C(=O)Nc3ccc(C(C)(O)O)cc3C)c(=O)[nH]c12. The van der Waals surface area contributed by atoms with Gasteiger partial charge in [0, 0.05) is 23.7 Å². The molecule has 0 aliphatic rings. The van der Waals surface area contributed by atoms with Crippen molar-refractivity contribution in [3.8, 4) is 0 Å². The highest BCUT2D eigenvalue weighted by Gasteiger charge is 2.20. The van der Waals surface area contributed by atoms with E-state index in [4.69, 9.17) is 0 Å². The average Bonchev–Trinajstić information content (AvgIpc) is 2.61. The number of hydrogen-bond donors (Lipinski definition) is 5. The number of H-pyrrole nitrogens is 1. The van der Waals surface area contributed by atoms with Gasteiger partial charge in [0.25, 0.3) is 11.5 Å². The monoisotopic (exact) mass is 385 g/mol. The number of halogens is 1. The molecule has 0 bridgehead atoms. The Morgan fingerprint density at radius 2 is 1.86 bits per heavy atom. The maximum absolute atomic E-state index is 13.8. The molecule has 0 fully saturated rings. The Labute approximate surface area is 159 Å². The molecule has 2 aromatic carbocycles. The number of aryl methyl sites for hydroxylation is 1. The van der Waals surface area contributed by atoms with Crippen LogP contribution in [0, 0.1) is 12.7 Å². The molecular weight excluding hydrogens is 365 g/mol. The molecule has 0 radical (unpaired) electrons. The summed E-state index contributed by atoms with van der Waals surface area (Å²) in [6, 6.07) is 8.30. The zero-order chi connectivity index (χ0) is 20.6. The first kappa shape index (κ1) is 19.5. The third-order valence-corrected chi connectivity index (χ3v) is 4.45. The Hall–Kier alpha value is -3.23. The average molecular weight is 385 g/mol. The molecule has 1 aromatic heterocycles. The first-order chi connectivity index (χ1) is 13.1. The molecule has 28 heavy (non-hydrogen) atoms. The Kier molecular flexibility index (Phi) is 4.93. The van der Waals surface area contributed by atoms with E-state index in [9.17, 15) is 24.2 Å². The number of amides is 1. The molecule has 0 spiro atoms. The van der Waals surface area contributed by atoms with Gasteiger partial charge in [0.05, 0.1) is 11.2 Å². The molecule has 0 aliphatic carbocycles. The number of aromatic amines is 1. The summed E-state index contributed by atoms with van der Waals surface area (Å²) in [5.41, 5.74) is 1.28. The molecule has 1 amide bonds. The molecule has 0 unspecified atom stereocenters. The summed E-state index contributed by atoms with van der Waals surface area (Å²) in [4.78, 5) is 27.6. The highest BCUT2D eigenvalue weighted by atomic mass is 19.1. The van der Waals surface area contributed by atoms with Gasteiger partial charge in [0.15, 0.2) is 5.79 Å². The van der Waals surface area contributed by atoms with Crippen LogP contribution >= 0.6 is 0 Å². The van der Waals surface area contributed by atoms with Gasteiger partial charge in [-0.3, -0.25) is 9.59 Å². The second-order valence-electron chi connectivity index (χ2n) is 6.68. The van der Waals surface area contributed by atoms with Crippen LogP contribution < -0.4 is 16.2 Å². The minimum atomic E-state index is -2.00.